The first-order valence-electron chi connectivity index (χ1n) is 7.54. The molecule has 1 aromatic heterocycles. The topological polar surface area (TPSA) is 39.1 Å². The first-order chi connectivity index (χ1) is 10.2. The minimum atomic E-state index is 0.552. The Morgan fingerprint density at radius 1 is 1.29 bits per heavy atom. The van der Waals surface area contributed by atoms with Crippen molar-refractivity contribution in [1.82, 2.24) is 15.1 Å². The van der Waals surface area contributed by atoms with Gasteiger partial charge in [-0.1, -0.05) is 12.1 Å². The molecule has 0 radical (unpaired) electrons. The fraction of sp³-hybridized carbons (Fsp3) is 0.471. The SMILES string of the molecule is CCn1cc(CC(CNC)Cc2cccc(OC)c2)cn1. The molecular formula is C17H25N3O. The van der Waals surface area contributed by atoms with Crippen molar-refractivity contribution in [2.75, 3.05) is 20.7 Å². The summed E-state index contributed by atoms with van der Waals surface area (Å²) in [6, 6.07) is 8.33. The number of benzene rings is 1. The van der Waals surface area contributed by atoms with E-state index in [-0.39, 0.29) is 0 Å². The lowest BCUT2D eigenvalue weighted by atomic mass is 9.93. The van der Waals surface area contributed by atoms with Crippen molar-refractivity contribution in [3.8, 4) is 5.75 Å². The van der Waals surface area contributed by atoms with Gasteiger partial charge in [-0.2, -0.15) is 5.10 Å². The molecule has 21 heavy (non-hydrogen) atoms. The number of rotatable bonds is 8. The average Bonchev–Trinajstić information content (AvgIpc) is 2.95. The Hall–Kier alpha value is -1.81. The Bertz CT molecular complexity index is 550. The highest BCUT2D eigenvalue weighted by atomic mass is 16.5. The molecule has 0 saturated carbocycles. The summed E-state index contributed by atoms with van der Waals surface area (Å²) in [6.45, 7) is 4.03. The Labute approximate surface area is 127 Å². The molecule has 2 aromatic rings. The molecule has 1 aromatic carbocycles. The van der Waals surface area contributed by atoms with E-state index in [1.807, 2.05) is 24.0 Å². The van der Waals surface area contributed by atoms with Crippen molar-refractivity contribution in [2.45, 2.75) is 26.3 Å². The van der Waals surface area contributed by atoms with Crippen LogP contribution < -0.4 is 10.1 Å². The maximum absolute atomic E-state index is 5.30. The molecular weight excluding hydrogens is 262 g/mol. The van der Waals surface area contributed by atoms with Crippen LogP contribution in [-0.2, 0) is 19.4 Å². The molecule has 0 spiro atoms. The second-order valence-electron chi connectivity index (χ2n) is 5.39. The van der Waals surface area contributed by atoms with Crippen LogP contribution in [0.3, 0.4) is 0 Å². The number of hydrogen-bond donors (Lipinski definition) is 1. The maximum Gasteiger partial charge on any atom is 0.119 e. The first kappa shape index (κ1) is 15.6. The Balaban J connectivity index is 2.03. The lowest BCUT2D eigenvalue weighted by molar-refractivity contribution is 0.413. The highest BCUT2D eigenvalue weighted by Gasteiger charge is 2.12. The second kappa shape index (κ2) is 7.84. The van der Waals surface area contributed by atoms with Crippen LogP contribution in [0.2, 0.25) is 0 Å². The van der Waals surface area contributed by atoms with Crippen molar-refractivity contribution in [3.63, 3.8) is 0 Å². The van der Waals surface area contributed by atoms with Gasteiger partial charge in [-0.3, -0.25) is 4.68 Å². The van der Waals surface area contributed by atoms with Gasteiger partial charge in [-0.15, -0.1) is 0 Å². The normalized spacial score (nSPS) is 12.3. The van der Waals surface area contributed by atoms with E-state index in [0.29, 0.717) is 5.92 Å². The highest BCUT2D eigenvalue weighted by Crippen LogP contribution is 2.18. The minimum absolute atomic E-state index is 0.552. The molecule has 1 N–H and O–H groups in total. The van der Waals surface area contributed by atoms with Gasteiger partial charge in [0.25, 0.3) is 0 Å². The van der Waals surface area contributed by atoms with Crippen molar-refractivity contribution >= 4 is 0 Å². The maximum atomic E-state index is 5.30. The summed E-state index contributed by atoms with van der Waals surface area (Å²) in [5.41, 5.74) is 2.62. The molecule has 0 bridgehead atoms. The average molecular weight is 287 g/mol. The summed E-state index contributed by atoms with van der Waals surface area (Å²) >= 11 is 0. The van der Waals surface area contributed by atoms with Crippen molar-refractivity contribution in [1.29, 1.82) is 0 Å². The van der Waals surface area contributed by atoms with Gasteiger partial charge in [0.15, 0.2) is 0 Å². The second-order valence-corrected chi connectivity index (χ2v) is 5.39. The lowest BCUT2D eigenvalue weighted by Crippen LogP contribution is -2.22. The number of nitrogens with one attached hydrogen (secondary N) is 1. The van der Waals surface area contributed by atoms with E-state index in [0.717, 1.165) is 31.7 Å². The zero-order valence-electron chi connectivity index (χ0n) is 13.2. The van der Waals surface area contributed by atoms with E-state index in [4.69, 9.17) is 4.74 Å². The van der Waals surface area contributed by atoms with E-state index in [9.17, 15) is 0 Å². The van der Waals surface area contributed by atoms with E-state index in [1.54, 1.807) is 7.11 Å². The van der Waals surface area contributed by atoms with E-state index in [2.05, 4.69) is 41.7 Å². The van der Waals surface area contributed by atoms with Crippen LogP contribution in [0.25, 0.3) is 0 Å². The van der Waals surface area contributed by atoms with Crippen molar-refractivity contribution in [2.24, 2.45) is 5.92 Å². The summed E-state index contributed by atoms with van der Waals surface area (Å²) in [5.74, 6) is 1.48. The molecule has 2 rings (SSSR count). The predicted octanol–water partition coefficient (Wildman–Crippen LogP) is 2.53. The number of aromatic nitrogens is 2. The Kier molecular flexibility index (Phi) is 5.81. The third-order valence-electron chi connectivity index (χ3n) is 3.69. The molecule has 0 fully saturated rings. The summed E-state index contributed by atoms with van der Waals surface area (Å²) in [5, 5.41) is 7.66. The largest absolute Gasteiger partial charge is 0.497 e. The van der Waals surface area contributed by atoms with Gasteiger partial charge in [0.2, 0.25) is 0 Å². The highest BCUT2D eigenvalue weighted by molar-refractivity contribution is 5.28. The lowest BCUT2D eigenvalue weighted by Gasteiger charge is -2.16. The van der Waals surface area contributed by atoms with E-state index >= 15 is 0 Å². The van der Waals surface area contributed by atoms with Gasteiger partial charge in [0, 0.05) is 12.7 Å². The summed E-state index contributed by atoms with van der Waals surface area (Å²) in [4.78, 5) is 0. The molecule has 0 aliphatic heterocycles. The van der Waals surface area contributed by atoms with E-state index in [1.165, 1.54) is 11.1 Å². The molecule has 1 heterocycles. The monoisotopic (exact) mass is 287 g/mol. The molecule has 1 unspecified atom stereocenters. The molecule has 114 valence electrons. The van der Waals surface area contributed by atoms with Crippen LogP contribution in [0, 0.1) is 5.92 Å². The van der Waals surface area contributed by atoms with Gasteiger partial charge < -0.3 is 10.1 Å². The van der Waals surface area contributed by atoms with Gasteiger partial charge in [-0.05, 0) is 62.5 Å². The fourth-order valence-electron chi connectivity index (χ4n) is 2.66. The van der Waals surface area contributed by atoms with Gasteiger partial charge in [0.1, 0.15) is 5.75 Å². The molecule has 0 amide bonds. The number of nitrogens with zero attached hydrogens (tertiary/aromatic N) is 2. The third-order valence-corrected chi connectivity index (χ3v) is 3.69. The molecule has 0 aliphatic rings. The molecule has 4 nitrogen and oxygen atoms in total. The number of methoxy groups -OCH3 is 1. The summed E-state index contributed by atoms with van der Waals surface area (Å²) in [7, 11) is 3.72. The summed E-state index contributed by atoms with van der Waals surface area (Å²) in [6.07, 6.45) is 6.21. The third kappa shape index (κ3) is 4.60. The number of ether oxygens (including phenoxy) is 1. The smallest absolute Gasteiger partial charge is 0.119 e. The molecule has 4 heteroatoms. The fourth-order valence-corrected chi connectivity index (χ4v) is 2.66. The van der Waals surface area contributed by atoms with Crippen LogP contribution in [0.5, 0.6) is 5.75 Å². The molecule has 0 saturated heterocycles. The zero-order chi connectivity index (χ0) is 15.1. The van der Waals surface area contributed by atoms with Crippen LogP contribution in [-0.4, -0.2) is 30.5 Å². The van der Waals surface area contributed by atoms with Crippen LogP contribution in [0.4, 0.5) is 0 Å². The van der Waals surface area contributed by atoms with Crippen molar-refractivity contribution < 1.29 is 4.74 Å². The van der Waals surface area contributed by atoms with Crippen molar-refractivity contribution in [3.05, 3.63) is 47.8 Å². The predicted molar refractivity (Wildman–Crippen MR) is 85.7 cm³/mol. The van der Waals surface area contributed by atoms with E-state index < -0.39 is 0 Å². The standard InChI is InChI=1S/C17H25N3O/c1-4-20-13-16(12-19-20)9-15(11-18-2)8-14-6-5-7-17(10-14)21-3/h5-7,10,12-13,15,18H,4,8-9,11H2,1-3H3. The Morgan fingerprint density at radius 2 is 2.10 bits per heavy atom. The number of hydrogen-bond acceptors (Lipinski definition) is 3. The van der Waals surface area contributed by atoms with Crippen LogP contribution in [0.1, 0.15) is 18.1 Å². The van der Waals surface area contributed by atoms with Crippen LogP contribution >= 0.6 is 0 Å². The zero-order valence-corrected chi connectivity index (χ0v) is 13.2. The quantitative estimate of drug-likeness (QED) is 0.811. The van der Waals surface area contributed by atoms with Gasteiger partial charge in [0.05, 0.1) is 13.3 Å². The Morgan fingerprint density at radius 3 is 2.76 bits per heavy atom. The van der Waals surface area contributed by atoms with Gasteiger partial charge >= 0.3 is 0 Å². The minimum Gasteiger partial charge on any atom is -0.497 e. The van der Waals surface area contributed by atoms with Crippen LogP contribution in [0.15, 0.2) is 36.7 Å². The van der Waals surface area contributed by atoms with Gasteiger partial charge in [-0.25, -0.2) is 0 Å². The molecule has 1 atom stereocenters. The summed E-state index contributed by atoms with van der Waals surface area (Å²) < 4.78 is 7.29. The first-order valence-corrected chi connectivity index (χ1v) is 7.54. The number of aryl methyl sites for hydroxylation is 1. The molecule has 0 aliphatic carbocycles.